The van der Waals surface area contributed by atoms with Crippen molar-refractivity contribution < 1.29 is 4.74 Å². The summed E-state index contributed by atoms with van der Waals surface area (Å²) in [5.74, 6) is 0.710. The summed E-state index contributed by atoms with van der Waals surface area (Å²) < 4.78 is 5.77. The average molecular weight is 199 g/mol. The first-order chi connectivity index (χ1) is 6.70. The molecule has 0 bridgehead atoms. The van der Waals surface area contributed by atoms with E-state index >= 15 is 0 Å². The summed E-state index contributed by atoms with van der Waals surface area (Å²) in [4.78, 5) is 0. The third kappa shape index (κ3) is 4.43. The fraction of sp³-hybridized carbons (Fsp3) is 1.00. The van der Waals surface area contributed by atoms with Gasteiger partial charge in [0.25, 0.3) is 0 Å². The molecule has 0 spiro atoms. The smallest absolute Gasteiger partial charge is 0.0594 e. The summed E-state index contributed by atoms with van der Waals surface area (Å²) >= 11 is 0. The van der Waals surface area contributed by atoms with E-state index in [0.29, 0.717) is 18.1 Å². The van der Waals surface area contributed by atoms with Crippen LogP contribution in [0.3, 0.4) is 0 Å². The van der Waals surface area contributed by atoms with Gasteiger partial charge in [-0.25, -0.2) is 0 Å². The van der Waals surface area contributed by atoms with Crippen LogP contribution in [0.1, 0.15) is 46.5 Å². The Morgan fingerprint density at radius 3 is 2.43 bits per heavy atom. The molecule has 2 nitrogen and oxygen atoms in total. The molecule has 1 unspecified atom stereocenters. The van der Waals surface area contributed by atoms with Crippen LogP contribution in [0.4, 0.5) is 0 Å². The Bertz CT molecular complexity index is 137. The van der Waals surface area contributed by atoms with Crippen molar-refractivity contribution in [2.24, 2.45) is 5.92 Å². The molecule has 0 radical (unpaired) electrons. The summed E-state index contributed by atoms with van der Waals surface area (Å²) in [6.07, 6.45) is 5.84. The summed E-state index contributed by atoms with van der Waals surface area (Å²) in [6.45, 7) is 8.60. The van der Waals surface area contributed by atoms with Gasteiger partial charge in [0.15, 0.2) is 0 Å². The largest absolute Gasteiger partial charge is 0.377 e. The van der Waals surface area contributed by atoms with Crippen molar-refractivity contribution in [2.45, 2.75) is 58.6 Å². The van der Waals surface area contributed by atoms with Crippen molar-refractivity contribution >= 4 is 0 Å². The second kappa shape index (κ2) is 6.41. The van der Waals surface area contributed by atoms with E-state index in [-0.39, 0.29) is 0 Å². The third-order valence-electron chi connectivity index (χ3n) is 3.22. The van der Waals surface area contributed by atoms with Crippen molar-refractivity contribution in [1.29, 1.82) is 0 Å². The highest BCUT2D eigenvalue weighted by Crippen LogP contribution is 2.20. The van der Waals surface area contributed by atoms with Crippen LogP contribution in [0.25, 0.3) is 0 Å². The minimum Gasteiger partial charge on any atom is -0.377 e. The van der Waals surface area contributed by atoms with Gasteiger partial charge in [0, 0.05) is 12.6 Å². The normalized spacial score (nSPS) is 20.6. The number of rotatable bonds is 6. The number of ether oxygens (including phenoxy) is 1. The molecule has 1 saturated carbocycles. The standard InChI is InChI=1S/C12H25NO/c1-10(2)11(3)13-8-9-14-12-6-4-5-7-12/h10-13H,4-9H2,1-3H3. The predicted molar refractivity (Wildman–Crippen MR) is 60.5 cm³/mol. The van der Waals surface area contributed by atoms with E-state index in [1.54, 1.807) is 0 Å². The van der Waals surface area contributed by atoms with Crippen LogP contribution in [-0.4, -0.2) is 25.3 Å². The fourth-order valence-corrected chi connectivity index (χ4v) is 1.80. The van der Waals surface area contributed by atoms with E-state index in [9.17, 15) is 0 Å². The van der Waals surface area contributed by atoms with Crippen LogP contribution in [0.5, 0.6) is 0 Å². The second-order valence-electron chi connectivity index (χ2n) is 4.76. The highest BCUT2D eigenvalue weighted by molar-refractivity contribution is 4.68. The zero-order valence-electron chi connectivity index (χ0n) is 9.88. The summed E-state index contributed by atoms with van der Waals surface area (Å²) in [5.41, 5.74) is 0. The molecule has 1 aliphatic carbocycles. The SMILES string of the molecule is CC(C)C(C)NCCOC1CCCC1. The molecule has 1 atom stereocenters. The average Bonchev–Trinajstić information content (AvgIpc) is 2.64. The number of hydrogen-bond donors (Lipinski definition) is 1. The Morgan fingerprint density at radius 1 is 1.21 bits per heavy atom. The minimum atomic E-state index is 0.561. The topological polar surface area (TPSA) is 21.3 Å². The highest BCUT2D eigenvalue weighted by atomic mass is 16.5. The molecule has 1 N–H and O–H groups in total. The molecule has 0 aromatic carbocycles. The first-order valence-electron chi connectivity index (χ1n) is 6.05. The van der Waals surface area contributed by atoms with Gasteiger partial charge < -0.3 is 10.1 Å². The number of nitrogens with one attached hydrogen (secondary N) is 1. The molecular formula is C12H25NO. The van der Waals surface area contributed by atoms with Crippen molar-refractivity contribution in [1.82, 2.24) is 5.32 Å². The fourth-order valence-electron chi connectivity index (χ4n) is 1.80. The lowest BCUT2D eigenvalue weighted by Gasteiger charge is -2.18. The van der Waals surface area contributed by atoms with Crippen LogP contribution in [-0.2, 0) is 4.74 Å². The maximum absolute atomic E-state index is 5.77. The van der Waals surface area contributed by atoms with Crippen LogP contribution >= 0.6 is 0 Å². The Morgan fingerprint density at radius 2 is 1.86 bits per heavy atom. The first-order valence-corrected chi connectivity index (χ1v) is 6.05. The maximum atomic E-state index is 5.77. The molecule has 1 rings (SSSR count). The van der Waals surface area contributed by atoms with Crippen LogP contribution < -0.4 is 5.32 Å². The maximum Gasteiger partial charge on any atom is 0.0594 e. The Labute approximate surface area is 88.4 Å². The molecule has 14 heavy (non-hydrogen) atoms. The van der Waals surface area contributed by atoms with Crippen molar-refractivity contribution in [3.8, 4) is 0 Å². The van der Waals surface area contributed by atoms with Crippen LogP contribution in [0.2, 0.25) is 0 Å². The van der Waals surface area contributed by atoms with Crippen LogP contribution in [0.15, 0.2) is 0 Å². The lowest BCUT2D eigenvalue weighted by atomic mass is 10.1. The molecule has 0 heterocycles. The molecule has 1 aliphatic rings. The molecule has 0 aromatic heterocycles. The lowest BCUT2D eigenvalue weighted by Crippen LogP contribution is -2.33. The molecule has 1 fully saturated rings. The molecule has 0 aromatic rings. The molecular weight excluding hydrogens is 174 g/mol. The van der Waals surface area contributed by atoms with Crippen molar-refractivity contribution in [3.05, 3.63) is 0 Å². The van der Waals surface area contributed by atoms with Crippen molar-refractivity contribution in [2.75, 3.05) is 13.2 Å². The quantitative estimate of drug-likeness (QED) is 0.664. The summed E-state index contributed by atoms with van der Waals surface area (Å²) in [7, 11) is 0. The summed E-state index contributed by atoms with van der Waals surface area (Å²) in [5, 5.41) is 3.48. The number of hydrogen-bond acceptors (Lipinski definition) is 2. The van der Waals surface area contributed by atoms with E-state index in [2.05, 4.69) is 26.1 Å². The zero-order valence-corrected chi connectivity index (χ0v) is 9.88. The Hall–Kier alpha value is -0.0800. The van der Waals surface area contributed by atoms with Gasteiger partial charge in [-0.2, -0.15) is 0 Å². The second-order valence-corrected chi connectivity index (χ2v) is 4.76. The van der Waals surface area contributed by atoms with Gasteiger partial charge in [-0.1, -0.05) is 26.7 Å². The van der Waals surface area contributed by atoms with Gasteiger partial charge in [-0.3, -0.25) is 0 Å². The lowest BCUT2D eigenvalue weighted by molar-refractivity contribution is 0.0587. The van der Waals surface area contributed by atoms with E-state index in [0.717, 1.165) is 13.2 Å². The third-order valence-corrected chi connectivity index (χ3v) is 3.22. The monoisotopic (exact) mass is 199 g/mol. The van der Waals surface area contributed by atoms with Gasteiger partial charge in [0.05, 0.1) is 12.7 Å². The molecule has 2 heteroatoms. The Kier molecular flexibility index (Phi) is 5.49. The van der Waals surface area contributed by atoms with Gasteiger partial charge in [0.1, 0.15) is 0 Å². The Balaban J connectivity index is 1.93. The van der Waals surface area contributed by atoms with Crippen molar-refractivity contribution in [3.63, 3.8) is 0 Å². The van der Waals surface area contributed by atoms with Gasteiger partial charge in [0.2, 0.25) is 0 Å². The van der Waals surface area contributed by atoms with Gasteiger partial charge in [-0.15, -0.1) is 0 Å². The van der Waals surface area contributed by atoms with E-state index in [1.165, 1.54) is 25.7 Å². The molecule has 0 aliphatic heterocycles. The molecule has 84 valence electrons. The first kappa shape index (κ1) is 12.0. The van der Waals surface area contributed by atoms with Gasteiger partial charge >= 0.3 is 0 Å². The van der Waals surface area contributed by atoms with E-state index < -0.39 is 0 Å². The minimum absolute atomic E-state index is 0.561. The molecule has 0 amide bonds. The zero-order chi connectivity index (χ0) is 10.4. The van der Waals surface area contributed by atoms with E-state index in [4.69, 9.17) is 4.74 Å². The highest BCUT2D eigenvalue weighted by Gasteiger charge is 2.14. The molecule has 0 saturated heterocycles. The van der Waals surface area contributed by atoms with Crippen LogP contribution in [0, 0.1) is 5.92 Å². The van der Waals surface area contributed by atoms with E-state index in [1.807, 2.05) is 0 Å². The van der Waals surface area contributed by atoms with Gasteiger partial charge in [-0.05, 0) is 25.7 Å². The predicted octanol–water partition coefficient (Wildman–Crippen LogP) is 2.58. The summed E-state index contributed by atoms with van der Waals surface area (Å²) in [6, 6.07) is 0.599.